The zero-order valence-electron chi connectivity index (χ0n) is 19.8. The van der Waals surface area contributed by atoms with Gasteiger partial charge in [0.25, 0.3) is 0 Å². The average molecular weight is 518 g/mol. The van der Waals surface area contributed by atoms with Crippen LogP contribution in [0.1, 0.15) is 25.7 Å². The van der Waals surface area contributed by atoms with Crippen LogP contribution in [-0.2, 0) is 14.8 Å². The lowest BCUT2D eigenvalue weighted by Gasteiger charge is -2.28. The molecule has 188 valence electrons. The van der Waals surface area contributed by atoms with E-state index < -0.39 is 10.0 Å². The molecule has 1 saturated carbocycles. The van der Waals surface area contributed by atoms with Gasteiger partial charge in [0.05, 0.1) is 17.0 Å². The molecule has 3 N–H and O–H groups in total. The number of methoxy groups -OCH3 is 1. The summed E-state index contributed by atoms with van der Waals surface area (Å²) in [5.41, 5.74) is 0.890. The van der Waals surface area contributed by atoms with E-state index in [2.05, 4.69) is 25.3 Å². The van der Waals surface area contributed by atoms with E-state index in [1.165, 1.54) is 12.1 Å². The van der Waals surface area contributed by atoms with Crippen molar-refractivity contribution in [2.24, 2.45) is 11.8 Å². The summed E-state index contributed by atoms with van der Waals surface area (Å²) in [7, 11) is -1.84. The first-order chi connectivity index (χ1) is 16.9. The fraction of sp³-hybridized carbons (Fsp3) is 0.440. The highest BCUT2D eigenvalue weighted by atomic mass is 35.5. The Kier molecular flexibility index (Phi) is 8.78. The third-order valence-electron chi connectivity index (χ3n) is 6.40. The van der Waals surface area contributed by atoms with Crippen molar-refractivity contribution in [3.8, 4) is 0 Å². The lowest BCUT2D eigenvalue weighted by atomic mass is 9.82. The van der Waals surface area contributed by atoms with E-state index >= 15 is 0 Å². The molecule has 1 aromatic heterocycles. The number of fused-ring (bicyclic) bond motifs is 1. The minimum Gasteiger partial charge on any atom is -0.383 e. The van der Waals surface area contributed by atoms with Gasteiger partial charge in [0.15, 0.2) is 0 Å². The Morgan fingerprint density at radius 1 is 0.943 bits per heavy atom. The summed E-state index contributed by atoms with van der Waals surface area (Å²) < 4.78 is 32.9. The number of rotatable bonds is 11. The minimum absolute atomic E-state index is 0.242. The van der Waals surface area contributed by atoms with Gasteiger partial charge in [-0.15, -0.1) is 0 Å². The maximum absolute atomic E-state index is 12.5. The number of aromatic nitrogens is 2. The first-order valence-corrected chi connectivity index (χ1v) is 13.8. The number of nitrogens with zero attached hydrogens (tertiary/aromatic N) is 2. The summed E-state index contributed by atoms with van der Waals surface area (Å²) in [6, 6.07) is 14.2. The van der Waals surface area contributed by atoms with Crippen molar-refractivity contribution in [3.05, 3.63) is 53.6 Å². The zero-order valence-corrected chi connectivity index (χ0v) is 21.4. The predicted molar refractivity (Wildman–Crippen MR) is 140 cm³/mol. The Morgan fingerprint density at radius 3 is 2.34 bits per heavy atom. The van der Waals surface area contributed by atoms with Gasteiger partial charge in [0.1, 0.15) is 5.82 Å². The number of ether oxygens (including phenoxy) is 1. The van der Waals surface area contributed by atoms with E-state index in [9.17, 15) is 8.42 Å². The molecule has 3 aromatic rings. The second-order valence-electron chi connectivity index (χ2n) is 8.91. The molecule has 1 fully saturated rings. The van der Waals surface area contributed by atoms with Crippen molar-refractivity contribution in [1.82, 2.24) is 14.7 Å². The molecule has 0 aliphatic heterocycles. The molecule has 0 bridgehead atoms. The third kappa shape index (κ3) is 7.04. The summed E-state index contributed by atoms with van der Waals surface area (Å²) in [5, 5.41) is 8.25. The molecule has 0 saturated heterocycles. The highest BCUT2D eigenvalue weighted by Gasteiger charge is 2.23. The molecule has 0 radical (unpaired) electrons. The molecule has 2 aromatic carbocycles. The summed E-state index contributed by atoms with van der Waals surface area (Å²) in [5.74, 6) is 2.24. The van der Waals surface area contributed by atoms with E-state index in [1.807, 2.05) is 24.3 Å². The molecule has 4 rings (SSSR count). The Bertz CT molecular complexity index is 1220. The predicted octanol–water partition coefficient (Wildman–Crippen LogP) is 4.54. The fourth-order valence-corrected chi connectivity index (χ4v) is 5.60. The van der Waals surface area contributed by atoms with Gasteiger partial charge in [-0.3, -0.25) is 0 Å². The number of halogens is 1. The van der Waals surface area contributed by atoms with Gasteiger partial charge in [-0.05, 0) is 73.9 Å². The second kappa shape index (κ2) is 12.0. The standard InChI is InChI=1S/C25H32ClN5O3S/c1-34-15-14-27-24-22-4-2-3-5-23(22)30-25(31-24)28-16-18-6-8-19(9-7-18)17-29-35(32,33)21-12-10-20(26)11-13-21/h2-5,10-13,18-19,29H,6-9,14-17H2,1H3,(H2,27,28,30,31)/t18-,19-. The van der Waals surface area contributed by atoms with Crippen LogP contribution in [0, 0.1) is 11.8 Å². The van der Waals surface area contributed by atoms with Gasteiger partial charge in [-0.25, -0.2) is 18.1 Å². The minimum atomic E-state index is -3.52. The van der Waals surface area contributed by atoms with Crippen LogP contribution in [0.25, 0.3) is 10.9 Å². The Balaban J connectivity index is 1.27. The van der Waals surface area contributed by atoms with Crippen LogP contribution in [0.2, 0.25) is 5.02 Å². The molecule has 1 aliphatic carbocycles. The molecular formula is C25H32ClN5O3S. The number of sulfonamides is 1. The highest BCUT2D eigenvalue weighted by molar-refractivity contribution is 7.89. The van der Waals surface area contributed by atoms with E-state index in [0.29, 0.717) is 42.5 Å². The molecule has 1 aliphatic rings. The SMILES string of the molecule is COCCNc1nc(NC[C@H]2CC[C@H](CNS(=O)(=O)c3ccc(Cl)cc3)CC2)nc2ccccc12. The van der Waals surface area contributed by atoms with Crippen LogP contribution in [-0.4, -0.2) is 51.7 Å². The largest absolute Gasteiger partial charge is 0.383 e. The smallest absolute Gasteiger partial charge is 0.240 e. The summed E-state index contributed by atoms with van der Waals surface area (Å²) in [4.78, 5) is 9.61. The van der Waals surface area contributed by atoms with Crippen molar-refractivity contribution in [3.63, 3.8) is 0 Å². The quantitative estimate of drug-likeness (QED) is 0.321. The van der Waals surface area contributed by atoms with Crippen molar-refractivity contribution >= 4 is 44.3 Å². The molecule has 1 heterocycles. The first-order valence-electron chi connectivity index (χ1n) is 11.9. The maximum Gasteiger partial charge on any atom is 0.240 e. The Morgan fingerprint density at radius 2 is 1.63 bits per heavy atom. The van der Waals surface area contributed by atoms with Gasteiger partial charge in [-0.2, -0.15) is 4.98 Å². The van der Waals surface area contributed by atoms with Crippen LogP contribution >= 0.6 is 11.6 Å². The fourth-order valence-electron chi connectivity index (χ4n) is 4.36. The molecule has 35 heavy (non-hydrogen) atoms. The second-order valence-corrected chi connectivity index (χ2v) is 11.1. The lowest BCUT2D eigenvalue weighted by Crippen LogP contribution is -2.32. The maximum atomic E-state index is 12.5. The number of para-hydroxylation sites is 1. The topological polar surface area (TPSA) is 105 Å². The summed E-state index contributed by atoms with van der Waals surface area (Å²) in [6.07, 6.45) is 4.04. The molecular weight excluding hydrogens is 486 g/mol. The van der Waals surface area contributed by atoms with E-state index in [4.69, 9.17) is 16.3 Å². The van der Waals surface area contributed by atoms with Crippen molar-refractivity contribution in [1.29, 1.82) is 0 Å². The number of hydrogen-bond acceptors (Lipinski definition) is 7. The lowest BCUT2D eigenvalue weighted by molar-refractivity contribution is 0.210. The number of hydrogen-bond donors (Lipinski definition) is 3. The van der Waals surface area contributed by atoms with Crippen LogP contribution < -0.4 is 15.4 Å². The molecule has 0 spiro atoms. The van der Waals surface area contributed by atoms with Crippen LogP contribution in [0.4, 0.5) is 11.8 Å². The van der Waals surface area contributed by atoms with E-state index in [0.717, 1.165) is 48.9 Å². The summed E-state index contributed by atoms with van der Waals surface area (Å²) in [6.45, 7) is 2.51. The Hall–Kier alpha value is -2.46. The molecule has 10 heteroatoms. The summed E-state index contributed by atoms with van der Waals surface area (Å²) >= 11 is 5.86. The molecule has 0 atom stereocenters. The van der Waals surface area contributed by atoms with Gasteiger partial charge in [0, 0.05) is 37.2 Å². The van der Waals surface area contributed by atoms with Gasteiger partial charge < -0.3 is 15.4 Å². The third-order valence-corrected chi connectivity index (χ3v) is 8.09. The van der Waals surface area contributed by atoms with Gasteiger partial charge in [0.2, 0.25) is 16.0 Å². The van der Waals surface area contributed by atoms with E-state index in [-0.39, 0.29) is 4.90 Å². The Labute approximate surface area is 211 Å². The molecule has 8 nitrogen and oxygen atoms in total. The first kappa shape index (κ1) is 25.6. The number of benzene rings is 2. The normalized spacial score (nSPS) is 18.5. The van der Waals surface area contributed by atoms with E-state index in [1.54, 1.807) is 19.2 Å². The van der Waals surface area contributed by atoms with Crippen molar-refractivity contribution in [2.45, 2.75) is 30.6 Å². The number of anilines is 2. The molecule has 0 amide bonds. The molecule has 0 unspecified atom stereocenters. The van der Waals surface area contributed by atoms with Gasteiger partial charge in [-0.1, -0.05) is 23.7 Å². The zero-order chi connectivity index (χ0) is 24.7. The monoisotopic (exact) mass is 517 g/mol. The van der Waals surface area contributed by atoms with Crippen molar-refractivity contribution in [2.75, 3.05) is 44.0 Å². The van der Waals surface area contributed by atoms with Crippen LogP contribution in [0.5, 0.6) is 0 Å². The van der Waals surface area contributed by atoms with Gasteiger partial charge >= 0.3 is 0 Å². The van der Waals surface area contributed by atoms with Crippen LogP contribution in [0.15, 0.2) is 53.4 Å². The number of nitrogens with one attached hydrogen (secondary N) is 3. The van der Waals surface area contributed by atoms with Crippen LogP contribution in [0.3, 0.4) is 0 Å². The highest BCUT2D eigenvalue weighted by Crippen LogP contribution is 2.29. The van der Waals surface area contributed by atoms with Crippen molar-refractivity contribution < 1.29 is 13.2 Å². The average Bonchev–Trinajstić information content (AvgIpc) is 2.87.